The maximum atomic E-state index is 12.9. The van der Waals surface area contributed by atoms with E-state index in [9.17, 15) is 18.8 Å². The van der Waals surface area contributed by atoms with Gasteiger partial charge in [0.25, 0.3) is 0 Å². The maximum absolute atomic E-state index is 12.9. The summed E-state index contributed by atoms with van der Waals surface area (Å²) in [6.45, 7) is -0.0904. The van der Waals surface area contributed by atoms with Crippen LogP contribution in [0.15, 0.2) is 53.3 Å². The monoisotopic (exact) mass is 415 g/mol. The molecule has 0 radical (unpaired) electrons. The summed E-state index contributed by atoms with van der Waals surface area (Å²) < 4.78 is 15.0. The molecule has 0 bridgehead atoms. The predicted octanol–water partition coefficient (Wildman–Crippen LogP) is 2.14. The van der Waals surface area contributed by atoms with Gasteiger partial charge in [0.15, 0.2) is 5.82 Å². The smallest absolute Gasteiger partial charge is 0.350 e. The first-order valence-corrected chi connectivity index (χ1v) is 9.07. The fraction of sp³-hybridized carbons (Fsp3) is 0.158. The van der Waals surface area contributed by atoms with Gasteiger partial charge >= 0.3 is 11.7 Å². The molecule has 148 valence electrons. The summed E-state index contributed by atoms with van der Waals surface area (Å²) in [6, 6.07) is 11.9. The molecule has 2 heterocycles. The highest BCUT2D eigenvalue weighted by Gasteiger charge is 2.33. The molecule has 0 unspecified atom stereocenters. The molecule has 1 aliphatic heterocycles. The number of rotatable bonds is 5. The third-order valence-corrected chi connectivity index (χ3v) is 4.73. The standard InChI is InChI=1S/C19H15ClFN5O3/c20-13-3-7-15(8-4-13)24-10-16-23-18(28)25(26(16)19(24)29)11-17(27)22-9-12-1-5-14(21)6-2-12/h1-8H,9-11H2,(H,22,27). The third-order valence-electron chi connectivity index (χ3n) is 4.48. The fourth-order valence-corrected chi connectivity index (χ4v) is 3.16. The third kappa shape index (κ3) is 3.77. The van der Waals surface area contributed by atoms with Crippen LogP contribution in [0.4, 0.5) is 14.9 Å². The molecule has 3 aromatic rings. The highest BCUT2D eigenvalue weighted by Crippen LogP contribution is 2.24. The number of benzene rings is 2. The van der Waals surface area contributed by atoms with E-state index in [1.54, 1.807) is 36.4 Å². The zero-order valence-corrected chi connectivity index (χ0v) is 15.8. The molecular weight excluding hydrogens is 401 g/mol. The van der Waals surface area contributed by atoms with Crippen LogP contribution >= 0.6 is 11.6 Å². The number of hydrogen-bond donors (Lipinski definition) is 1. The molecule has 29 heavy (non-hydrogen) atoms. The van der Waals surface area contributed by atoms with Crippen LogP contribution in [0.3, 0.4) is 0 Å². The molecule has 10 heteroatoms. The lowest BCUT2D eigenvalue weighted by molar-refractivity contribution is -0.122. The molecule has 2 amide bonds. The molecule has 0 fully saturated rings. The van der Waals surface area contributed by atoms with Crippen LogP contribution in [0, 0.1) is 5.82 Å². The number of nitrogens with zero attached hydrogens (tertiary/aromatic N) is 4. The minimum atomic E-state index is -0.680. The number of hydrogen-bond acceptors (Lipinski definition) is 4. The molecule has 0 spiro atoms. The summed E-state index contributed by atoms with van der Waals surface area (Å²) >= 11 is 5.88. The first kappa shape index (κ1) is 18.9. The normalized spacial score (nSPS) is 12.9. The van der Waals surface area contributed by atoms with E-state index in [2.05, 4.69) is 10.3 Å². The minimum Gasteiger partial charge on any atom is -0.350 e. The highest BCUT2D eigenvalue weighted by atomic mass is 35.5. The van der Waals surface area contributed by atoms with Crippen LogP contribution in [0.25, 0.3) is 0 Å². The van der Waals surface area contributed by atoms with Crippen LogP contribution in [0.5, 0.6) is 0 Å². The Balaban J connectivity index is 1.48. The number of nitrogens with one attached hydrogen (secondary N) is 1. The Labute approximate surface area is 169 Å². The Hall–Kier alpha value is -3.46. The molecule has 1 aromatic heterocycles. The van der Waals surface area contributed by atoms with E-state index in [-0.39, 0.29) is 31.3 Å². The van der Waals surface area contributed by atoms with Gasteiger partial charge in [-0.25, -0.2) is 18.7 Å². The van der Waals surface area contributed by atoms with Gasteiger partial charge in [-0.1, -0.05) is 23.7 Å². The lowest BCUT2D eigenvalue weighted by Gasteiger charge is -2.15. The van der Waals surface area contributed by atoms with Crippen LogP contribution in [-0.4, -0.2) is 26.3 Å². The fourth-order valence-electron chi connectivity index (χ4n) is 3.04. The van der Waals surface area contributed by atoms with Crippen LogP contribution in [0.1, 0.15) is 11.4 Å². The zero-order valence-electron chi connectivity index (χ0n) is 15.0. The lowest BCUT2D eigenvalue weighted by Crippen LogP contribution is -2.38. The van der Waals surface area contributed by atoms with Crippen molar-refractivity contribution in [3.05, 3.63) is 81.2 Å². The Morgan fingerprint density at radius 3 is 2.48 bits per heavy atom. The number of amides is 2. The largest absolute Gasteiger partial charge is 0.365 e. The van der Waals surface area contributed by atoms with Gasteiger partial charge in [-0.05, 0) is 42.0 Å². The van der Waals surface area contributed by atoms with E-state index >= 15 is 0 Å². The number of halogens is 2. The number of aromatic nitrogens is 3. The molecular formula is C19H15ClFN5O3. The first-order valence-electron chi connectivity index (χ1n) is 8.69. The van der Waals surface area contributed by atoms with Gasteiger partial charge in [-0.15, -0.1) is 0 Å². The summed E-state index contributed by atoms with van der Waals surface area (Å²) in [5.41, 5.74) is 0.626. The molecule has 4 rings (SSSR count). The lowest BCUT2D eigenvalue weighted by atomic mass is 10.2. The Bertz CT molecular complexity index is 1140. The van der Waals surface area contributed by atoms with Gasteiger partial charge in [0.2, 0.25) is 5.91 Å². The predicted molar refractivity (Wildman–Crippen MR) is 103 cm³/mol. The first-order chi connectivity index (χ1) is 13.9. The number of fused-ring (bicyclic) bond motifs is 1. The average molecular weight is 416 g/mol. The molecule has 1 N–H and O–H groups in total. The van der Waals surface area contributed by atoms with Crippen molar-refractivity contribution in [2.75, 3.05) is 4.90 Å². The van der Waals surface area contributed by atoms with Gasteiger partial charge in [0, 0.05) is 17.3 Å². The Kier molecular flexibility index (Phi) is 4.89. The van der Waals surface area contributed by atoms with Crippen molar-refractivity contribution in [3.8, 4) is 0 Å². The molecule has 0 atom stereocenters. The molecule has 0 aliphatic carbocycles. The van der Waals surface area contributed by atoms with Gasteiger partial charge in [0.1, 0.15) is 12.4 Å². The number of carbonyl (C=O) groups is 2. The molecule has 0 saturated heterocycles. The summed E-state index contributed by atoms with van der Waals surface area (Å²) in [5, 5.41) is 3.17. The quantitative estimate of drug-likeness (QED) is 0.691. The topological polar surface area (TPSA) is 89.2 Å². The van der Waals surface area contributed by atoms with Crippen LogP contribution < -0.4 is 15.9 Å². The zero-order chi connectivity index (χ0) is 20.5. The average Bonchev–Trinajstić information content (AvgIpc) is 3.18. The Morgan fingerprint density at radius 2 is 1.79 bits per heavy atom. The number of carbonyl (C=O) groups excluding carboxylic acids is 2. The van der Waals surface area contributed by atoms with Crippen molar-refractivity contribution in [1.29, 1.82) is 0 Å². The SMILES string of the molecule is O=C(Cn1c(=O)nc2n1C(=O)N(c1ccc(Cl)cc1)C2)NCc1ccc(F)cc1. The van der Waals surface area contributed by atoms with Crippen molar-refractivity contribution in [3.63, 3.8) is 0 Å². The second-order valence-electron chi connectivity index (χ2n) is 6.43. The minimum absolute atomic E-state index is 0.111. The van der Waals surface area contributed by atoms with E-state index < -0.39 is 17.6 Å². The highest BCUT2D eigenvalue weighted by molar-refractivity contribution is 6.30. The van der Waals surface area contributed by atoms with Crippen LogP contribution in [-0.2, 0) is 24.4 Å². The van der Waals surface area contributed by atoms with E-state index in [1.165, 1.54) is 17.0 Å². The van der Waals surface area contributed by atoms with Crippen LogP contribution in [0.2, 0.25) is 5.02 Å². The summed E-state index contributed by atoms with van der Waals surface area (Å²) in [7, 11) is 0. The van der Waals surface area contributed by atoms with Crippen molar-refractivity contribution < 1.29 is 14.0 Å². The van der Waals surface area contributed by atoms with Crippen molar-refractivity contribution >= 4 is 29.2 Å². The second-order valence-corrected chi connectivity index (χ2v) is 6.86. The second kappa shape index (κ2) is 7.51. The maximum Gasteiger partial charge on any atom is 0.365 e. The number of anilines is 1. The summed E-state index contributed by atoms with van der Waals surface area (Å²) in [6.07, 6.45) is 0. The van der Waals surface area contributed by atoms with Crippen molar-refractivity contribution in [1.82, 2.24) is 19.7 Å². The van der Waals surface area contributed by atoms with Crippen molar-refractivity contribution in [2.45, 2.75) is 19.6 Å². The summed E-state index contributed by atoms with van der Waals surface area (Å²) in [5.74, 6) is -0.594. The van der Waals surface area contributed by atoms with E-state index in [0.29, 0.717) is 16.3 Å². The summed E-state index contributed by atoms with van der Waals surface area (Å²) in [4.78, 5) is 42.5. The molecule has 2 aromatic carbocycles. The molecule has 1 aliphatic rings. The molecule has 8 nitrogen and oxygen atoms in total. The van der Waals surface area contributed by atoms with Gasteiger partial charge in [-0.2, -0.15) is 9.67 Å². The Morgan fingerprint density at radius 1 is 1.10 bits per heavy atom. The van der Waals surface area contributed by atoms with E-state index in [0.717, 1.165) is 9.36 Å². The van der Waals surface area contributed by atoms with Crippen molar-refractivity contribution in [2.24, 2.45) is 0 Å². The van der Waals surface area contributed by atoms with Gasteiger partial charge < -0.3 is 5.32 Å². The van der Waals surface area contributed by atoms with Gasteiger partial charge in [-0.3, -0.25) is 9.69 Å². The van der Waals surface area contributed by atoms with E-state index in [4.69, 9.17) is 11.6 Å². The van der Waals surface area contributed by atoms with Gasteiger partial charge in [0.05, 0.1) is 6.54 Å². The van der Waals surface area contributed by atoms with E-state index in [1.807, 2.05) is 0 Å². The molecule has 0 saturated carbocycles.